The molecule has 0 saturated carbocycles. The summed E-state index contributed by atoms with van der Waals surface area (Å²) in [6, 6.07) is 13.0. The Morgan fingerprint density at radius 1 is 1.17 bits per heavy atom. The molecule has 1 aliphatic rings. The first-order chi connectivity index (χ1) is 11.0. The molecule has 0 aliphatic carbocycles. The molecule has 0 unspecified atom stereocenters. The van der Waals surface area contributed by atoms with Gasteiger partial charge in [0.2, 0.25) is 10.0 Å². The van der Waals surface area contributed by atoms with Crippen molar-refractivity contribution < 1.29 is 12.8 Å². The fourth-order valence-electron chi connectivity index (χ4n) is 3.11. The molecular formula is C18H20FNO2S. The summed E-state index contributed by atoms with van der Waals surface area (Å²) in [5.41, 5.74) is 1.82. The molecule has 5 heteroatoms. The molecular weight excluding hydrogens is 313 g/mol. The van der Waals surface area contributed by atoms with Crippen molar-refractivity contribution in [2.45, 2.75) is 37.1 Å². The van der Waals surface area contributed by atoms with Crippen LogP contribution in [0.3, 0.4) is 0 Å². The van der Waals surface area contributed by atoms with E-state index in [4.69, 9.17) is 0 Å². The molecule has 0 bridgehead atoms. The molecule has 2 aromatic carbocycles. The van der Waals surface area contributed by atoms with Gasteiger partial charge in [-0.1, -0.05) is 31.2 Å². The van der Waals surface area contributed by atoms with Gasteiger partial charge < -0.3 is 0 Å². The van der Waals surface area contributed by atoms with Crippen molar-refractivity contribution >= 4 is 10.0 Å². The topological polar surface area (TPSA) is 37.4 Å². The van der Waals surface area contributed by atoms with E-state index < -0.39 is 10.0 Å². The molecule has 1 aliphatic heterocycles. The van der Waals surface area contributed by atoms with Crippen molar-refractivity contribution in [3.63, 3.8) is 0 Å². The summed E-state index contributed by atoms with van der Waals surface area (Å²) in [6.07, 6.45) is 2.37. The first kappa shape index (κ1) is 16.1. The highest BCUT2D eigenvalue weighted by molar-refractivity contribution is 7.89. The van der Waals surface area contributed by atoms with Crippen LogP contribution in [-0.2, 0) is 16.4 Å². The van der Waals surface area contributed by atoms with Gasteiger partial charge in [0.05, 0.1) is 10.9 Å². The molecule has 1 atom stereocenters. The summed E-state index contributed by atoms with van der Waals surface area (Å²) in [6.45, 7) is 2.50. The van der Waals surface area contributed by atoms with E-state index in [0.29, 0.717) is 11.4 Å². The minimum absolute atomic E-state index is 0.290. The Morgan fingerprint density at radius 3 is 2.57 bits per heavy atom. The standard InChI is InChI=1S/C18H20FNO2S/c1-2-14-8-10-17(11-9-14)23(21,22)20-12-4-7-18(20)15-5-3-6-16(19)13-15/h3,5-6,8-11,13,18H,2,4,7,12H2,1H3/t18-/m1/s1. The largest absolute Gasteiger partial charge is 0.243 e. The van der Waals surface area contributed by atoms with Crippen LogP contribution in [0.1, 0.15) is 36.9 Å². The van der Waals surface area contributed by atoms with Crippen molar-refractivity contribution in [2.24, 2.45) is 0 Å². The molecule has 23 heavy (non-hydrogen) atoms. The van der Waals surface area contributed by atoms with Crippen LogP contribution in [0.25, 0.3) is 0 Å². The minimum atomic E-state index is -3.56. The lowest BCUT2D eigenvalue weighted by Crippen LogP contribution is -2.30. The molecule has 122 valence electrons. The Kier molecular flexibility index (Phi) is 4.50. The smallest absolute Gasteiger partial charge is 0.207 e. The molecule has 0 radical (unpaired) electrons. The van der Waals surface area contributed by atoms with E-state index in [1.54, 1.807) is 24.3 Å². The molecule has 0 spiro atoms. The van der Waals surface area contributed by atoms with Gasteiger partial charge in [-0.05, 0) is 54.7 Å². The molecule has 1 saturated heterocycles. The van der Waals surface area contributed by atoms with Gasteiger partial charge in [0.25, 0.3) is 0 Å². The van der Waals surface area contributed by atoms with Crippen LogP contribution in [0.15, 0.2) is 53.4 Å². The van der Waals surface area contributed by atoms with Gasteiger partial charge in [0, 0.05) is 6.54 Å². The van der Waals surface area contributed by atoms with Crippen molar-refractivity contribution in [2.75, 3.05) is 6.54 Å². The van der Waals surface area contributed by atoms with Crippen molar-refractivity contribution in [1.82, 2.24) is 4.31 Å². The van der Waals surface area contributed by atoms with Gasteiger partial charge in [-0.15, -0.1) is 0 Å². The summed E-state index contributed by atoms with van der Waals surface area (Å²) < 4.78 is 40.9. The SMILES string of the molecule is CCc1ccc(S(=O)(=O)N2CCC[C@@H]2c2cccc(F)c2)cc1. The van der Waals surface area contributed by atoms with Crippen molar-refractivity contribution in [1.29, 1.82) is 0 Å². The maximum Gasteiger partial charge on any atom is 0.243 e. The number of sulfonamides is 1. The highest BCUT2D eigenvalue weighted by atomic mass is 32.2. The van der Waals surface area contributed by atoms with E-state index >= 15 is 0 Å². The fourth-order valence-corrected chi connectivity index (χ4v) is 4.79. The van der Waals surface area contributed by atoms with Gasteiger partial charge in [0.1, 0.15) is 5.82 Å². The number of benzene rings is 2. The second kappa shape index (κ2) is 6.42. The highest BCUT2D eigenvalue weighted by Crippen LogP contribution is 2.36. The zero-order valence-electron chi connectivity index (χ0n) is 13.1. The zero-order chi connectivity index (χ0) is 16.4. The summed E-state index contributed by atoms with van der Waals surface area (Å²) in [5.74, 6) is -0.334. The molecule has 1 heterocycles. The third-order valence-corrected chi connectivity index (χ3v) is 6.30. The molecule has 2 aromatic rings. The van der Waals surface area contributed by atoms with Crippen LogP contribution in [0.2, 0.25) is 0 Å². The minimum Gasteiger partial charge on any atom is -0.207 e. The molecule has 3 rings (SSSR count). The van der Waals surface area contributed by atoms with E-state index in [9.17, 15) is 12.8 Å². The number of hydrogen-bond acceptors (Lipinski definition) is 2. The van der Waals surface area contributed by atoms with E-state index in [1.165, 1.54) is 16.4 Å². The Bertz CT molecular complexity index is 787. The number of rotatable bonds is 4. The normalized spacial score (nSPS) is 19.1. The third kappa shape index (κ3) is 3.16. The predicted molar refractivity (Wildman–Crippen MR) is 88.1 cm³/mol. The van der Waals surface area contributed by atoms with Crippen molar-refractivity contribution in [3.8, 4) is 0 Å². The van der Waals surface area contributed by atoms with Crippen LogP contribution in [0, 0.1) is 5.82 Å². The number of aryl methyl sites for hydroxylation is 1. The quantitative estimate of drug-likeness (QED) is 0.850. The lowest BCUT2D eigenvalue weighted by atomic mass is 10.1. The van der Waals surface area contributed by atoms with Gasteiger partial charge in [-0.3, -0.25) is 0 Å². The monoisotopic (exact) mass is 333 g/mol. The number of halogens is 1. The average molecular weight is 333 g/mol. The maximum atomic E-state index is 13.5. The van der Waals surface area contributed by atoms with E-state index in [2.05, 4.69) is 0 Å². The van der Waals surface area contributed by atoms with Crippen LogP contribution in [0.4, 0.5) is 4.39 Å². The Balaban J connectivity index is 1.94. The van der Waals surface area contributed by atoms with Crippen LogP contribution in [-0.4, -0.2) is 19.3 Å². The molecule has 1 fully saturated rings. The van der Waals surface area contributed by atoms with Crippen LogP contribution < -0.4 is 0 Å². The number of nitrogens with zero attached hydrogens (tertiary/aromatic N) is 1. The van der Waals surface area contributed by atoms with Crippen LogP contribution >= 0.6 is 0 Å². The molecule has 0 aromatic heterocycles. The summed E-state index contributed by atoms with van der Waals surface area (Å²) >= 11 is 0. The highest BCUT2D eigenvalue weighted by Gasteiger charge is 2.36. The van der Waals surface area contributed by atoms with Gasteiger partial charge >= 0.3 is 0 Å². The average Bonchev–Trinajstić information content (AvgIpc) is 3.05. The Labute approximate surface area is 136 Å². The van der Waals surface area contributed by atoms with Gasteiger partial charge in [-0.2, -0.15) is 4.31 Å². The zero-order valence-corrected chi connectivity index (χ0v) is 13.9. The predicted octanol–water partition coefficient (Wildman–Crippen LogP) is 3.91. The van der Waals surface area contributed by atoms with E-state index in [-0.39, 0.29) is 11.9 Å². The van der Waals surface area contributed by atoms with E-state index in [0.717, 1.165) is 30.4 Å². The maximum absolute atomic E-state index is 13.5. The first-order valence-corrected chi connectivity index (χ1v) is 9.32. The molecule has 0 N–H and O–H groups in total. The second-order valence-corrected chi connectivity index (χ2v) is 7.72. The number of hydrogen-bond donors (Lipinski definition) is 0. The summed E-state index contributed by atoms with van der Waals surface area (Å²) in [7, 11) is -3.56. The Hall–Kier alpha value is -1.72. The van der Waals surface area contributed by atoms with Crippen LogP contribution in [0.5, 0.6) is 0 Å². The van der Waals surface area contributed by atoms with Crippen molar-refractivity contribution in [3.05, 3.63) is 65.5 Å². The molecule has 3 nitrogen and oxygen atoms in total. The van der Waals surface area contributed by atoms with Gasteiger partial charge in [0.15, 0.2) is 0 Å². The first-order valence-electron chi connectivity index (χ1n) is 7.88. The lowest BCUT2D eigenvalue weighted by molar-refractivity contribution is 0.395. The van der Waals surface area contributed by atoms with E-state index in [1.807, 2.05) is 19.1 Å². The lowest BCUT2D eigenvalue weighted by Gasteiger charge is -2.24. The Morgan fingerprint density at radius 2 is 1.91 bits per heavy atom. The third-order valence-electron chi connectivity index (χ3n) is 4.38. The fraction of sp³-hybridized carbons (Fsp3) is 0.333. The summed E-state index contributed by atoms with van der Waals surface area (Å²) in [5, 5.41) is 0. The molecule has 0 amide bonds. The second-order valence-electron chi connectivity index (χ2n) is 5.83. The summed E-state index contributed by atoms with van der Waals surface area (Å²) in [4.78, 5) is 0.304. The van der Waals surface area contributed by atoms with Gasteiger partial charge in [-0.25, -0.2) is 12.8 Å².